The molecule has 0 saturated carbocycles. The molecule has 0 bridgehead atoms. The van der Waals surface area contributed by atoms with Gasteiger partial charge in [0.15, 0.2) is 0 Å². The number of morpholine rings is 1. The second kappa shape index (κ2) is 9.46. The van der Waals surface area contributed by atoms with Crippen molar-refractivity contribution >= 4 is 10.0 Å². The van der Waals surface area contributed by atoms with Gasteiger partial charge in [-0.15, -0.1) is 0 Å². The van der Waals surface area contributed by atoms with Crippen molar-refractivity contribution in [3.05, 3.63) is 65.7 Å². The third-order valence-electron chi connectivity index (χ3n) is 5.03. The Morgan fingerprint density at radius 3 is 2.30 bits per heavy atom. The SMILES string of the molecule is CCc1ccc(S(=O)(=O)NCC(Cc2ccccc2)N2CCOCC2)cc1. The van der Waals surface area contributed by atoms with Gasteiger partial charge >= 0.3 is 0 Å². The number of benzene rings is 2. The van der Waals surface area contributed by atoms with E-state index in [1.165, 1.54) is 5.56 Å². The van der Waals surface area contributed by atoms with Crippen molar-refractivity contribution in [3.8, 4) is 0 Å². The smallest absolute Gasteiger partial charge is 0.240 e. The molecule has 0 aliphatic carbocycles. The second-order valence-electron chi connectivity index (χ2n) is 6.84. The minimum atomic E-state index is -3.52. The number of aryl methyl sites for hydroxylation is 1. The van der Waals surface area contributed by atoms with Gasteiger partial charge in [0.05, 0.1) is 18.1 Å². The molecule has 0 amide bonds. The zero-order chi connectivity index (χ0) is 19.1. The highest BCUT2D eigenvalue weighted by Gasteiger charge is 2.24. The first kappa shape index (κ1) is 20.0. The number of hydrogen-bond donors (Lipinski definition) is 1. The Morgan fingerprint density at radius 2 is 1.67 bits per heavy atom. The van der Waals surface area contributed by atoms with Crippen LogP contribution in [0.25, 0.3) is 0 Å². The summed E-state index contributed by atoms with van der Waals surface area (Å²) in [4.78, 5) is 2.64. The van der Waals surface area contributed by atoms with Crippen LogP contribution in [-0.2, 0) is 27.6 Å². The van der Waals surface area contributed by atoms with Crippen LogP contribution in [0.2, 0.25) is 0 Å². The fourth-order valence-corrected chi connectivity index (χ4v) is 4.43. The van der Waals surface area contributed by atoms with E-state index in [0.717, 1.165) is 31.5 Å². The van der Waals surface area contributed by atoms with Gasteiger partial charge in [0.1, 0.15) is 0 Å². The predicted octanol–water partition coefficient (Wildman–Crippen LogP) is 2.47. The van der Waals surface area contributed by atoms with Crippen molar-refractivity contribution in [2.45, 2.75) is 30.7 Å². The van der Waals surface area contributed by atoms with E-state index >= 15 is 0 Å². The van der Waals surface area contributed by atoms with Gasteiger partial charge in [-0.1, -0.05) is 49.4 Å². The Hall–Kier alpha value is -1.73. The number of rotatable bonds is 8. The number of hydrogen-bond acceptors (Lipinski definition) is 4. The molecule has 1 saturated heterocycles. The van der Waals surface area contributed by atoms with Crippen LogP contribution in [0.4, 0.5) is 0 Å². The van der Waals surface area contributed by atoms with Crippen LogP contribution < -0.4 is 4.72 Å². The Balaban J connectivity index is 1.70. The van der Waals surface area contributed by atoms with Crippen LogP contribution in [0.15, 0.2) is 59.5 Å². The number of nitrogens with zero attached hydrogens (tertiary/aromatic N) is 1. The molecule has 0 aromatic heterocycles. The zero-order valence-electron chi connectivity index (χ0n) is 15.8. The van der Waals surface area contributed by atoms with Crippen molar-refractivity contribution in [1.29, 1.82) is 0 Å². The average Bonchev–Trinajstić information content (AvgIpc) is 2.72. The molecule has 1 unspecified atom stereocenters. The van der Waals surface area contributed by atoms with E-state index in [1.54, 1.807) is 12.1 Å². The van der Waals surface area contributed by atoms with Crippen LogP contribution in [0.3, 0.4) is 0 Å². The van der Waals surface area contributed by atoms with E-state index in [4.69, 9.17) is 4.74 Å². The summed E-state index contributed by atoms with van der Waals surface area (Å²) in [5.74, 6) is 0. The minimum Gasteiger partial charge on any atom is -0.379 e. The number of nitrogens with one attached hydrogen (secondary N) is 1. The molecular formula is C21H28N2O3S. The highest BCUT2D eigenvalue weighted by Crippen LogP contribution is 2.14. The summed E-state index contributed by atoms with van der Waals surface area (Å²) in [5, 5.41) is 0. The maximum atomic E-state index is 12.7. The van der Waals surface area contributed by atoms with Gasteiger partial charge < -0.3 is 4.74 Å². The molecule has 2 aromatic rings. The third-order valence-corrected chi connectivity index (χ3v) is 6.47. The van der Waals surface area contributed by atoms with Crippen LogP contribution >= 0.6 is 0 Å². The number of ether oxygens (including phenoxy) is 1. The van der Waals surface area contributed by atoms with E-state index in [2.05, 4.69) is 28.7 Å². The molecule has 1 aliphatic heterocycles. The summed E-state index contributed by atoms with van der Waals surface area (Å²) >= 11 is 0. The van der Waals surface area contributed by atoms with Gasteiger partial charge in [-0.2, -0.15) is 0 Å². The van der Waals surface area contributed by atoms with E-state index in [-0.39, 0.29) is 6.04 Å². The molecule has 1 aliphatic rings. The van der Waals surface area contributed by atoms with Crippen molar-refractivity contribution in [2.24, 2.45) is 0 Å². The maximum absolute atomic E-state index is 12.7. The summed E-state index contributed by atoms with van der Waals surface area (Å²) in [7, 11) is -3.52. The standard InChI is InChI=1S/C21H28N2O3S/c1-2-18-8-10-21(11-9-18)27(24,25)22-17-20(23-12-14-26-15-13-23)16-19-6-4-3-5-7-19/h3-11,20,22H,2,12-17H2,1H3. The molecule has 0 spiro atoms. The van der Waals surface area contributed by atoms with Crippen molar-refractivity contribution in [1.82, 2.24) is 9.62 Å². The quantitative estimate of drug-likeness (QED) is 0.755. The van der Waals surface area contributed by atoms with Gasteiger partial charge in [-0.05, 0) is 36.1 Å². The monoisotopic (exact) mass is 388 g/mol. The van der Waals surface area contributed by atoms with Gasteiger partial charge in [0.2, 0.25) is 10.0 Å². The lowest BCUT2D eigenvalue weighted by Gasteiger charge is -2.34. The molecule has 1 atom stereocenters. The lowest BCUT2D eigenvalue weighted by Crippen LogP contribution is -2.49. The summed E-state index contributed by atoms with van der Waals surface area (Å²) in [6, 6.07) is 17.4. The summed E-state index contributed by atoms with van der Waals surface area (Å²) in [5.41, 5.74) is 2.34. The van der Waals surface area contributed by atoms with E-state index in [1.807, 2.05) is 30.3 Å². The first-order valence-electron chi connectivity index (χ1n) is 9.53. The highest BCUT2D eigenvalue weighted by molar-refractivity contribution is 7.89. The molecule has 146 valence electrons. The van der Waals surface area contributed by atoms with Crippen LogP contribution in [0, 0.1) is 0 Å². The van der Waals surface area contributed by atoms with Crippen molar-refractivity contribution in [3.63, 3.8) is 0 Å². The van der Waals surface area contributed by atoms with Crippen LogP contribution in [-0.4, -0.2) is 52.2 Å². The molecular weight excluding hydrogens is 360 g/mol. The summed E-state index contributed by atoms with van der Waals surface area (Å²) in [6.45, 7) is 5.47. The number of sulfonamides is 1. The van der Waals surface area contributed by atoms with Gasteiger partial charge in [-0.25, -0.2) is 13.1 Å². The average molecular weight is 389 g/mol. The van der Waals surface area contributed by atoms with E-state index < -0.39 is 10.0 Å². The molecule has 1 fully saturated rings. The molecule has 6 heteroatoms. The molecule has 1 heterocycles. The Labute approximate surface area is 162 Å². The largest absolute Gasteiger partial charge is 0.379 e. The molecule has 27 heavy (non-hydrogen) atoms. The first-order chi connectivity index (χ1) is 13.1. The Morgan fingerprint density at radius 1 is 1.00 bits per heavy atom. The second-order valence-corrected chi connectivity index (χ2v) is 8.61. The normalized spacial score (nSPS) is 16.9. The van der Waals surface area contributed by atoms with Gasteiger partial charge in [0, 0.05) is 25.7 Å². The predicted molar refractivity (Wildman–Crippen MR) is 107 cm³/mol. The minimum absolute atomic E-state index is 0.0981. The fraction of sp³-hybridized carbons (Fsp3) is 0.429. The fourth-order valence-electron chi connectivity index (χ4n) is 3.35. The van der Waals surface area contributed by atoms with Crippen molar-refractivity contribution < 1.29 is 13.2 Å². The summed E-state index contributed by atoms with van der Waals surface area (Å²) < 4.78 is 33.7. The van der Waals surface area contributed by atoms with Gasteiger partial charge in [-0.3, -0.25) is 4.90 Å². The topological polar surface area (TPSA) is 58.6 Å². The first-order valence-corrected chi connectivity index (χ1v) is 11.0. The van der Waals surface area contributed by atoms with Gasteiger partial charge in [0.25, 0.3) is 0 Å². The van der Waals surface area contributed by atoms with E-state index in [9.17, 15) is 8.42 Å². The zero-order valence-corrected chi connectivity index (χ0v) is 16.6. The summed E-state index contributed by atoms with van der Waals surface area (Å²) in [6.07, 6.45) is 1.70. The molecule has 5 nitrogen and oxygen atoms in total. The van der Waals surface area contributed by atoms with E-state index in [0.29, 0.717) is 24.7 Å². The Bertz CT molecular complexity index is 801. The molecule has 2 aromatic carbocycles. The van der Waals surface area contributed by atoms with Crippen molar-refractivity contribution in [2.75, 3.05) is 32.8 Å². The Kier molecular flexibility index (Phi) is 7.01. The third kappa shape index (κ3) is 5.62. The van der Waals surface area contributed by atoms with Crippen LogP contribution in [0.1, 0.15) is 18.1 Å². The maximum Gasteiger partial charge on any atom is 0.240 e. The molecule has 3 rings (SSSR count). The van der Waals surface area contributed by atoms with Crippen LogP contribution in [0.5, 0.6) is 0 Å². The molecule has 0 radical (unpaired) electrons. The molecule has 1 N–H and O–H groups in total. The lowest BCUT2D eigenvalue weighted by molar-refractivity contribution is 0.0177. The highest BCUT2D eigenvalue weighted by atomic mass is 32.2. The lowest BCUT2D eigenvalue weighted by atomic mass is 10.0.